The van der Waals surface area contributed by atoms with Gasteiger partial charge in [-0.15, -0.1) is 0 Å². The van der Waals surface area contributed by atoms with Crippen LogP contribution in [0.1, 0.15) is 5.56 Å². The lowest BCUT2D eigenvalue weighted by molar-refractivity contribution is -0.127. The Morgan fingerprint density at radius 3 is 2.73 bits per heavy atom. The van der Waals surface area contributed by atoms with Crippen molar-refractivity contribution in [3.05, 3.63) is 65.3 Å². The van der Waals surface area contributed by atoms with Crippen molar-refractivity contribution >= 4 is 51.6 Å². The van der Waals surface area contributed by atoms with Crippen LogP contribution in [0.25, 0.3) is 17.1 Å². The standard InChI is InChI=1S/C21H16N4O4S/c1-29-15-4-2-3-13(9-15)10-18-20(27)25(21(28)30-18)12-19(26)24-14-5-6-16-17(11-14)23-8-7-22-16/h2-11H,12H2,1H3,(H,24,26). The molecule has 0 radical (unpaired) electrons. The number of thioether (sulfide) groups is 1. The third-order valence-corrected chi connectivity index (χ3v) is 5.23. The number of ether oxygens (including phenoxy) is 1. The largest absolute Gasteiger partial charge is 0.497 e. The van der Waals surface area contributed by atoms with Gasteiger partial charge >= 0.3 is 0 Å². The van der Waals surface area contributed by atoms with E-state index in [0.717, 1.165) is 22.2 Å². The number of carbonyl (C=O) groups excluding carboxylic acids is 3. The fraction of sp³-hybridized carbons (Fsp3) is 0.0952. The van der Waals surface area contributed by atoms with Gasteiger partial charge in [-0.3, -0.25) is 29.3 Å². The predicted octanol–water partition coefficient (Wildman–Crippen LogP) is 3.31. The van der Waals surface area contributed by atoms with Crippen LogP contribution in [-0.4, -0.2) is 45.6 Å². The summed E-state index contributed by atoms with van der Waals surface area (Å²) in [5, 5.41) is 2.19. The molecule has 2 aromatic carbocycles. The first kappa shape index (κ1) is 19.6. The number of hydrogen-bond donors (Lipinski definition) is 1. The highest BCUT2D eigenvalue weighted by Crippen LogP contribution is 2.32. The van der Waals surface area contributed by atoms with Crippen LogP contribution >= 0.6 is 11.8 Å². The average molecular weight is 420 g/mol. The zero-order valence-corrected chi connectivity index (χ0v) is 16.7. The molecule has 30 heavy (non-hydrogen) atoms. The van der Waals surface area contributed by atoms with Gasteiger partial charge in [-0.1, -0.05) is 12.1 Å². The molecule has 0 unspecified atom stereocenters. The van der Waals surface area contributed by atoms with E-state index in [1.807, 2.05) is 0 Å². The Labute approximate surface area is 175 Å². The number of nitrogens with one attached hydrogen (secondary N) is 1. The van der Waals surface area contributed by atoms with E-state index in [-0.39, 0.29) is 11.4 Å². The summed E-state index contributed by atoms with van der Waals surface area (Å²) in [6.45, 7) is -0.376. The van der Waals surface area contributed by atoms with Crippen LogP contribution in [0.15, 0.2) is 59.8 Å². The fourth-order valence-corrected chi connectivity index (χ4v) is 3.74. The van der Waals surface area contributed by atoms with Crippen molar-refractivity contribution in [3.8, 4) is 5.75 Å². The molecule has 3 amide bonds. The molecular weight excluding hydrogens is 404 g/mol. The first-order valence-electron chi connectivity index (χ1n) is 8.93. The quantitative estimate of drug-likeness (QED) is 0.632. The summed E-state index contributed by atoms with van der Waals surface area (Å²) in [6, 6.07) is 12.2. The maximum Gasteiger partial charge on any atom is 0.294 e. The monoisotopic (exact) mass is 420 g/mol. The second kappa shape index (κ2) is 8.34. The topological polar surface area (TPSA) is 101 Å². The van der Waals surface area contributed by atoms with Gasteiger partial charge in [0.25, 0.3) is 11.1 Å². The Bertz CT molecular complexity index is 1190. The van der Waals surface area contributed by atoms with E-state index in [1.165, 1.54) is 0 Å². The maximum atomic E-state index is 12.6. The fourth-order valence-electron chi connectivity index (χ4n) is 2.90. The van der Waals surface area contributed by atoms with Crippen LogP contribution in [0.4, 0.5) is 10.5 Å². The third-order valence-electron chi connectivity index (χ3n) is 4.32. The minimum atomic E-state index is -0.507. The van der Waals surface area contributed by atoms with Crippen molar-refractivity contribution < 1.29 is 19.1 Å². The van der Waals surface area contributed by atoms with E-state index in [2.05, 4.69) is 15.3 Å². The van der Waals surface area contributed by atoms with Crippen LogP contribution in [0.5, 0.6) is 5.75 Å². The summed E-state index contributed by atoms with van der Waals surface area (Å²) in [5.74, 6) is -0.349. The number of aromatic nitrogens is 2. The maximum absolute atomic E-state index is 12.6. The highest BCUT2D eigenvalue weighted by Gasteiger charge is 2.36. The van der Waals surface area contributed by atoms with E-state index < -0.39 is 17.1 Å². The average Bonchev–Trinajstić information content (AvgIpc) is 3.01. The number of anilines is 1. The SMILES string of the molecule is COc1cccc(C=C2SC(=O)N(CC(=O)Nc3ccc4nccnc4c3)C2=O)c1. The van der Waals surface area contributed by atoms with E-state index in [4.69, 9.17) is 4.74 Å². The van der Waals surface area contributed by atoms with Crippen molar-refractivity contribution in [1.29, 1.82) is 0 Å². The van der Waals surface area contributed by atoms with Gasteiger partial charge in [0.05, 0.1) is 23.0 Å². The lowest BCUT2D eigenvalue weighted by Crippen LogP contribution is -2.36. The number of benzene rings is 2. The van der Waals surface area contributed by atoms with Crippen molar-refractivity contribution in [2.75, 3.05) is 19.0 Å². The summed E-state index contributed by atoms with van der Waals surface area (Å²) >= 11 is 0.800. The molecule has 3 aromatic rings. The smallest absolute Gasteiger partial charge is 0.294 e. The number of imide groups is 1. The summed E-state index contributed by atoms with van der Waals surface area (Å²) in [5.41, 5.74) is 2.56. The number of amides is 3. The molecule has 1 aliphatic heterocycles. The second-order valence-electron chi connectivity index (χ2n) is 6.35. The van der Waals surface area contributed by atoms with E-state index in [0.29, 0.717) is 22.5 Å². The van der Waals surface area contributed by atoms with Crippen LogP contribution in [-0.2, 0) is 9.59 Å². The van der Waals surface area contributed by atoms with E-state index in [1.54, 1.807) is 68.0 Å². The molecule has 0 spiro atoms. The van der Waals surface area contributed by atoms with Gasteiger partial charge in [0.15, 0.2) is 0 Å². The van der Waals surface area contributed by atoms with Gasteiger partial charge in [-0.25, -0.2) is 0 Å². The number of methoxy groups -OCH3 is 1. The van der Waals surface area contributed by atoms with Crippen LogP contribution < -0.4 is 10.1 Å². The normalized spacial score (nSPS) is 15.1. The van der Waals surface area contributed by atoms with Crippen molar-refractivity contribution in [1.82, 2.24) is 14.9 Å². The minimum absolute atomic E-state index is 0.252. The zero-order chi connectivity index (χ0) is 21.1. The first-order chi connectivity index (χ1) is 14.5. The number of fused-ring (bicyclic) bond motifs is 1. The molecule has 8 nitrogen and oxygen atoms in total. The highest BCUT2D eigenvalue weighted by molar-refractivity contribution is 8.18. The van der Waals surface area contributed by atoms with Crippen molar-refractivity contribution in [2.24, 2.45) is 0 Å². The Hall–Kier alpha value is -3.72. The lowest BCUT2D eigenvalue weighted by Gasteiger charge is -2.12. The summed E-state index contributed by atoms with van der Waals surface area (Å²) < 4.78 is 5.16. The molecule has 1 aliphatic rings. The second-order valence-corrected chi connectivity index (χ2v) is 7.35. The molecule has 1 saturated heterocycles. The molecule has 1 aromatic heterocycles. The Morgan fingerprint density at radius 1 is 1.13 bits per heavy atom. The van der Waals surface area contributed by atoms with Gasteiger partial charge in [-0.2, -0.15) is 0 Å². The Balaban J connectivity index is 1.45. The molecule has 150 valence electrons. The number of rotatable bonds is 5. The van der Waals surface area contributed by atoms with Crippen LogP contribution in [0.2, 0.25) is 0 Å². The van der Waals surface area contributed by atoms with Crippen LogP contribution in [0.3, 0.4) is 0 Å². The van der Waals surface area contributed by atoms with Crippen molar-refractivity contribution in [2.45, 2.75) is 0 Å². The third kappa shape index (κ3) is 4.15. The molecule has 4 rings (SSSR count). The Kier molecular flexibility index (Phi) is 5.44. The molecule has 1 fully saturated rings. The molecule has 1 N–H and O–H groups in total. The predicted molar refractivity (Wildman–Crippen MR) is 114 cm³/mol. The van der Waals surface area contributed by atoms with Gasteiger partial charge in [0, 0.05) is 18.1 Å². The van der Waals surface area contributed by atoms with Gasteiger partial charge in [0.2, 0.25) is 5.91 Å². The molecule has 9 heteroatoms. The van der Waals surface area contributed by atoms with Crippen molar-refractivity contribution in [3.63, 3.8) is 0 Å². The molecule has 0 aliphatic carbocycles. The van der Waals surface area contributed by atoms with Gasteiger partial charge in [0.1, 0.15) is 12.3 Å². The molecule has 0 saturated carbocycles. The molecule has 2 heterocycles. The van der Waals surface area contributed by atoms with Gasteiger partial charge in [-0.05, 0) is 53.7 Å². The number of carbonyl (C=O) groups is 3. The zero-order valence-electron chi connectivity index (χ0n) is 15.9. The molecule has 0 atom stereocenters. The summed E-state index contributed by atoms with van der Waals surface area (Å²) in [6.07, 6.45) is 4.75. The van der Waals surface area contributed by atoms with E-state index >= 15 is 0 Å². The Morgan fingerprint density at radius 2 is 1.93 bits per heavy atom. The number of hydrogen-bond acceptors (Lipinski definition) is 7. The molecule has 0 bridgehead atoms. The van der Waals surface area contributed by atoms with E-state index in [9.17, 15) is 14.4 Å². The minimum Gasteiger partial charge on any atom is -0.497 e. The summed E-state index contributed by atoms with van der Waals surface area (Å²) in [4.78, 5) is 46.8. The van der Waals surface area contributed by atoms with Crippen LogP contribution in [0, 0.1) is 0 Å². The number of nitrogens with zero attached hydrogens (tertiary/aromatic N) is 3. The van der Waals surface area contributed by atoms with Gasteiger partial charge < -0.3 is 10.1 Å². The lowest BCUT2D eigenvalue weighted by atomic mass is 10.2. The summed E-state index contributed by atoms with van der Waals surface area (Å²) in [7, 11) is 1.55. The molecular formula is C21H16N4O4S. The highest BCUT2D eigenvalue weighted by atomic mass is 32.2. The first-order valence-corrected chi connectivity index (χ1v) is 9.75.